The second-order valence-corrected chi connectivity index (χ2v) is 3.99. The Labute approximate surface area is 97.8 Å². The van der Waals surface area contributed by atoms with Gasteiger partial charge in [-0.05, 0) is 24.8 Å². The van der Waals surface area contributed by atoms with Crippen molar-refractivity contribution in [3.63, 3.8) is 0 Å². The van der Waals surface area contributed by atoms with Crippen molar-refractivity contribution in [2.75, 3.05) is 12.4 Å². The summed E-state index contributed by atoms with van der Waals surface area (Å²) in [6, 6.07) is 1.79. The highest BCUT2D eigenvalue weighted by atomic mass is 32.2. The Kier molecular flexibility index (Phi) is 3.31. The molecule has 2 aromatic rings. The van der Waals surface area contributed by atoms with Crippen molar-refractivity contribution in [1.82, 2.24) is 19.9 Å². The molecule has 0 aromatic carbocycles. The maximum absolute atomic E-state index is 4.21. The molecular weight excluding hydrogens is 222 g/mol. The van der Waals surface area contributed by atoms with E-state index in [0.717, 1.165) is 16.4 Å². The number of anilines is 1. The number of hydrogen-bond acceptors (Lipinski definition) is 6. The predicted octanol–water partition coefficient (Wildman–Crippen LogP) is 1.77. The van der Waals surface area contributed by atoms with Crippen LogP contribution in [0.15, 0.2) is 35.0 Å². The van der Waals surface area contributed by atoms with E-state index in [9.17, 15) is 0 Å². The van der Waals surface area contributed by atoms with Gasteiger partial charge in [-0.25, -0.2) is 19.9 Å². The monoisotopic (exact) mass is 233 g/mol. The molecule has 5 nitrogen and oxygen atoms in total. The molecule has 0 fully saturated rings. The lowest BCUT2D eigenvalue weighted by atomic mass is 10.3. The second-order valence-electron chi connectivity index (χ2n) is 3.04. The first-order chi connectivity index (χ1) is 7.81. The van der Waals surface area contributed by atoms with Crippen LogP contribution < -0.4 is 5.32 Å². The van der Waals surface area contributed by atoms with E-state index >= 15 is 0 Å². The first-order valence-electron chi connectivity index (χ1n) is 4.75. The molecule has 2 heterocycles. The van der Waals surface area contributed by atoms with E-state index in [-0.39, 0.29) is 0 Å². The Morgan fingerprint density at radius 2 is 1.88 bits per heavy atom. The smallest absolute Gasteiger partial charge is 0.193 e. The summed E-state index contributed by atoms with van der Waals surface area (Å²) < 4.78 is 0. The second kappa shape index (κ2) is 4.89. The molecule has 6 heteroatoms. The molecule has 0 saturated carbocycles. The van der Waals surface area contributed by atoms with Crippen molar-refractivity contribution in [3.05, 3.63) is 30.4 Å². The lowest BCUT2D eigenvalue weighted by Crippen LogP contribution is -1.98. The van der Waals surface area contributed by atoms with Gasteiger partial charge in [0.15, 0.2) is 5.16 Å². The fraction of sp³-hybridized carbons (Fsp3) is 0.200. The van der Waals surface area contributed by atoms with E-state index in [1.807, 2.05) is 14.0 Å². The molecule has 0 amide bonds. The summed E-state index contributed by atoms with van der Waals surface area (Å²) in [5.74, 6) is 0.827. The maximum Gasteiger partial charge on any atom is 0.193 e. The van der Waals surface area contributed by atoms with Crippen LogP contribution in [0.1, 0.15) is 5.56 Å². The zero-order chi connectivity index (χ0) is 11.4. The van der Waals surface area contributed by atoms with E-state index in [1.54, 1.807) is 18.5 Å². The summed E-state index contributed by atoms with van der Waals surface area (Å²) in [4.78, 5) is 16.6. The summed E-state index contributed by atoms with van der Waals surface area (Å²) >= 11 is 1.43. The molecule has 2 aromatic heterocycles. The van der Waals surface area contributed by atoms with Crippen molar-refractivity contribution < 1.29 is 0 Å². The number of nitrogens with zero attached hydrogens (tertiary/aromatic N) is 4. The summed E-state index contributed by atoms with van der Waals surface area (Å²) in [7, 11) is 1.84. The highest BCUT2D eigenvalue weighted by Crippen LogP contribution is 2.27. The number of nitrogens with one attached hydrogen (secondary N) is 1. The molecule has 0 aliphatic carbocycles. The minimum Gasteiger partial charge on any atom is -0.373 e. The van der Waals surface area contributed by atoms with Crippen LogP contribution in [0.5, 0.6) is 0 Å². The van der Waals surface area contributed by atoms with Gasteiger partial charge in [-0.1, -0.05) is 0 Å². The van der Waals surface area contributed by atoms with Crippen LogP contribution in [0, 0.1) is 6.92 Å². The van der Waals surface area contributed by atoms with Crippen LogP contribution >= 0.6 is 11.8 Å². The van der Waals surface area contributed by atoms with Gasteiger partial charge in [-0.15, -0.1) is 0 Å². The highest BCUT2D eigenvalue weighted by molar-refractivity contribution is 7.99. The zero-order valence-electron chi connectivity index (χ0n) is 9.01. The van der Waals surface area contributed by atoms with Crippen molar-refractivity contribution in [2.24, 2.45) is 0 Å². The average Bonchev–Trinajstić information content (AvgIpc) is 2.33. The molecule has 0 unspecified atom stereocenters. The molecular formula is C10H11N5S. The Hall–Kier alpha value is -1.69. The Balaban J connectivity index is 2.28. The Bertz CT molecular complexity index is 474. The van der Waals surface area contributed by atoms with E-state index in [1.165, 1.54) is 18.1 Å². The third kappa shape index (κ3) is 2.27. The predicted molar refractivity (Wildman–Crippen MR) is 62.5 cm³/mol. The fourth-order valence-electron chi connectivity index (χ4n) is 1.21. The molecule has 1 N–H and O–H groups in total. The minimum atomic E-state index is 0.686. The standard InChI is InChI=1S/C10H11N5S/c1-7-8(11-2)14-6-15-9(7)16-10-12-4-3-5-13-10/h3-6H,1-2H3,(H,11,14,15). The molecule has 0 bridgehead atoms. The van der Waals surface area contributed by atoms with E-state index < -0.39 is 0 Å². The average molecular weight is 233 g/mol. The van der Waals surface area contributed by atoms with Gasteiger partial charge in [0.1, 0.15) is 17.2 Å². The van der Waals surface area contributed by atoms with Crippen LogP contribution in [0.2, 0.25) is 0 Å². The number of rotatable bonds is 3. The number of aromatic nitrogens is 4. The van der Waals surface area contributed by atoms with Gasteiger partial charge >= 0.3 is 0 Å². The van der Waals surface area contributed by atoms with Crippen LogP contribution in [-0.4, -0.2) is 27.0 Å². The van der Waals surface area contributed by atoms with E-state index in [0.29, 0.717) is 5.16 Å². The summed E-state index contributed by atoms with van der Waals surface area (Å²) in [6.45, 7) is 1.97. The van der Waals surface area contributed by atoms with E-state index in [2.05, 4.69) is 25.3 Å². The molecule has 0 aliphatic heterocycles. The van der Waals surface area contributed by atoms with Crippen molar-refractivity contribution in [3.8, 4) is 0 Å². The third-order valence-electron chi connectivity index (χ3n) is 2.00. The molecule has 16 heavy (non-hydrogen) atoms. The zero-order valence-corrected chi connectivity index (χ0v) is 9.82. The Morgan fingerprint density at radius 1 is 1.12 bits per heavy atom. The minimum absolute atomic E-state index is 0.686. The quantitative estimate of drug-likeness (QED) is 0.644. The molecule has 0 aliphatic rings. The molecule has 0 saturated heterocycles. The number of hydrogen-bond donors (Lipinski definition) is 1. The third-order valence-corrected chi connectivity index (χ3v) is 3.00. The molecule has 82 valence electrons. The van der Waals surface area contributed by atoms with Gasteiger partial charge in [0.25, 0.3) is 0 Å². The lowest BCUT2D eigenvalue weighted by molar-refractivity contribution is 0.947. The van der Waals surface area contributed by atoms with Gasteiger partial charge in [-0.3, -0.25) is 0 Å². The molecule has 0 spiro atoms. The van der Waals surface area contributed by atoms with Crippen LogP contribution in [0.4, 0.5) is 5.82 Å². The van der Waals surface area contributed by atoms with Crippen molar-refractivity contribution >= 4 is 17.6 Å². The maximum atomic E-state index is 4.21. The van der Waals surface area contributed by atoms with Gasteiger partial charge in [0, 0.05) is 25.0 Å². The van der Waals surface area contributed by atoms with E-state index in [4.69, 9.17) is 0 Å². The summed E-state index contributed by atoms with van der Waals surface area (Å²) in [6.07, 6.45) is 4.96. The molecule has 0 radical (unpaired) electrons. The first kappa shape index (κ1) is 10.8. The molecule has 0 atom stereocenters. The van der Waals surface area contributed by atoms with Crippen LogP contribution in [-0.2, 0) is 0 Å². The highest BCUT2D eigenvalue weighted by Gasteiger charge is 2.08. The van der Waals surface area contributed by atoms with Gasteiger partial charge in [0.2, 0.25) is 0 Å². The van der Waals surface area contributed by atoms with Crippen molar-refractivity contribution in [2.45, 2.75) is 17.1 Å². The Morgan fingerprint density at radius 3 is 2.56 bits per heavy atom. The van der Waals surface area contributed by atoms with Crippen LogP contribution in [0.3, 0.4) is 0 Å². The topological polar surface area (TPSA) is 63.6 Å². The van der Waals surface area contributed by atoms with Crippen molar-refractivity contribution in [1.29, 1.82) is 0 Å². The normalized spacial score (nSPS) is 10.1. The summed E-state index contributed by atoms with van der Waals surface area (Å²) in [5, 5.41) is 4.57. The SMILES string of the molecule is CNc1ncnc(Sc2ncccn2)c1C. The van der Waals surface area contributed by atoms with Gasteiger partial charge < -0.3 is 5.32 Å². The lowest BCUT2D eigenvalue weighted by Gasteiger charge is -2.06. The molecule has 2 rings (SSSR count). The summed E-state index contributed by atoms with van der Waals surface area (Å²) in [5.41, 5.74) is 1.00. The van der Waals surface area contributed by atoms with Gasteiger partial charge in [-0.2, -0.15) is 0 Å². The fourth-order valence-corrected chi connectivity index (χ4v) is 1.96. The van der Waals surface area contributed by atoms with Crippen LogP contribution in [0.25, 0.3) is 0 Å². The largest absolute Gasteiger partial charge is 0.373 e. The van der Waals surface area contributed by atoms with Gasteiger partial charge in [0.05, 0.1) is 0 Å². The first-order valence-corrected chi connectivity index (χ1v) is 5.57.